The normalized spacial score (nSPS) is 11.4. The Morgan fingerprint density at radius 3 is 0.985 bits per heavy atom. The van der Waals surface area contributed by atoms with Gasteiger partial charge in [-0.25, -0.2) is 0 Å². The molecule has 66 heavy (non-hydrogen) atoms. The van der Waals surface area contributed by atoms with Crippen LogP contribution in [0.25, 0.3) is 69.9 Å². The van der Waals surface area contributed by atoms with Gasteiger partial charge in [-0.3, -0.25) is 0 Å². The lowest BCUT2D eigenvalue weighted by Crippen LogP contribution is -2.10. The molecule has 0 N–H and O–H groups in total. The van der Waals surface area contributed by atoms with Crippen LogP contribution in [0.15, 0.2) is 237 Å². The van der Waals surface area contributed by atoms with Crippen LogP contribution in [0, 0.1) is 0 Å². The van der Waals surface area contributed by atoms with Crippen molar-refractivity contribution in [1.82, 2.24) is 0 Å². The van der Waals surface area contributed by atoms with Crippen LogP contribution >= 0.6 is 0 Å². The summed E-state index contributed by atoms with van der Waals surface area (Å²) in [6.45, 7) is 6.78. The van der Waals surface area contributed by atoms with Gasteiger partial charge in [-0.15, -0.1) is 0 Å². The maximum atomic E-state index is 2.31. The third-order valence-corrected chi connectivity index (χ3v) is 12.1. The van der Waals surface area contributed by atoms with Crippen LogP contribution in [-0.4, -0.2) is 0 Å². The highest BCUT2D eigenvalue weighted by atomic mass is 14.2. The maximum Gasteiger partial charge on any atom is -0.0105 e. The molecule has 0 nitrogen and oxygen atoms in total. The largest absolute Gasteiger partial charge is 0.0622 e. The molecule has 9 aromatic carbocycles. The molecule has 0 heteroatoms. The first kappa shape index (κ1) is 43.2. The van der Waals surface area contributed by atoms with Gasteiger partial charge in [0.15, 0.2) is 0 Å². The monoisotopic (exact) mass is 846 g/mol. The second kappa shape index (κ2) is 20.2. The van der Waals surface area contributed by atoms with Gasteiger partial charge in [0.1, 0.15) is 0 Å². The van der Waals surface area contributed by atoms with Crippen LogP contribution in [0.1, 0.15) is 82.0 Å². The summed E-state index contributed by atoms with van der Waals surface area (Å²) in [5, 5.41) is 0. The Morgan fingerprint density at radius 2 is 0.606 bits per heavy atom. The maximum absolute atomic E-state index is 2.31. The fourth-order valence-electron chi connectivity index (χ4n) is 8.32. The molecule has 0 aliphatic carbocycles. The average Bonchev–Trinajstić information content (AvgIpc) is 3.37. The highest BCUT2D eigenvalue weighted by Gasteiger charge is 2.13. The minimum atomic E-state index is 0.129. The Balaban J connectivity index is 1.01. The van der Waals surface area contributed by atoms with E-state index in [0.29, 0.717) is 0 Å². The van der Waals surface area contributed by atoms with Crippen molar-refractivity contribution in [3.05, 3.63) is 298 Å². The first-order chi connectivity index (χ1) is 32.3. The van der Waals surface area contributed by atoms with Crippen LogP contribution in [-0.2, 0) is 5.41 Å². The molecule has 0 saturated carbocycles. The van der Waals surface area contributed by atoms with Gasteiger partial charge >= 0.3 is 0 Å². The lowest BCUT2D eigenvalue weighted by molar-refractivity contribution is 0.590. The summed E-state index contributed by atoms with van der Waals surface area (Å²) in [5.74, 6) is 0. The van der Waals surface area contributed by atoms with E-state index < -0.39 is 0 Å². The molecule has 0 aliphatic rings. The fourth-order valence-corrected chi connectivity index (χ4v) is 8.32. The third kappa shape index (κ3) is 10.8. The van der Waals surface area contributed by atoms with E-state index in [4.69, 9.17) is 0 Å². The average molecular weight is 847 g/mol. The fraction of sp³-hybridized carbons (Fsp3) is 0.0606. The Labute approximate surface area is 392 Å². The van der Waals surface area contributed by atoms with Gasteiger partial charge in [0, 0.05) is 0 Å². The molecule has 9 rings (SSSR count). The molecular weight excluding hydrogens is 793 g/mol. The first-order valence-corrected chi connectivity index (χ1v) is 22.9. The van der Waals surface area contributed by atoms with E-state index >= 15 is 0 Å². The molecule has 0 unspecified atom stereocenters. The van der Waals surface area contributed by atoms with Gasteiger partial charge < -0.3 is 0 Å². The number of hydrogen-bond acceptors (Lipinski definition) is 0. The molecule has 0 heterocycles. The Bertz CT molecular complexity index is 3020. The molecule has 0 bridgehead atoms. The molecule has 0 fully saturated rings. The van der Waals surface area contributed by atoms with Crippen LogP contribution in [0.3, 0.4) is 0 Å². The predicted octanol–water partition coefficient (Wildman–Crippen LogP) is 17.8. The minimum absolute atomic E-state index is 0.129. The molecular formula is C66H54. The van der Waals surface area contributed by atoms with Gasteiger partial charge in [0.2, 0.25) is 0 Å². The molecule has 0 aliphatic heterocycles. The van der Waals surface area contributed by atoms with E-state index in [9.17, 15) is 0 Å². The molecule has 318 valence electrons. The van der Waals surface area contributed by atoms with E-state index in [1.54, 1.807) is 0 Å². The zero-order valence-electron chi connectivity index (χ0n) is 38.0. The third-order valence-electron chi connectivity index (χ3n) is 12.1. The van der Waals surface area contributed by atoms with Crippen LogP contribution < -0.4 is 0 Å². The number of hydrogen-bond donors (Lipinski definition) is 0. The minimum Gasteiger partial charge on any atom is -0.0622 e. The van der Waals surface area contributed by atoms with Crippen LogP contribution in [0.5, 0.6) is 0 Å². The summed E-state index contributed by atoms with van der Waals surface area (Å²) >= 11 is 0. The van der Waals surface area contributed by atoms with Crippen molar-refractivity contribution < 1.29 is 0 Å². The van der Waals surface area contributed by atoms with E-state index in [2.05, 4.69) is 294 Å². The Kier molecular flexibility index (Phi) is 13.2. The smallest absolute Gasteiger partial charge is 0.0105 e. The van der Waals surface area contributed by atoms with Gasteiger partial charge in [-0.05, 0) is 118 Å². The predicted molar refractivity (Wildman–Crippen MR) is 286 cm³/mol. The summed E-state index contributed by atoms with van der Waals surface area (Å²) in [4.78, 5) is 0. The molecule has 0 aromatic heterocycles. The van der Waals surface area contributed by atoms with Gasteiger partial charge in [0.25, 0.3) is 0 Å². The van der Waals surface area contributed by atoms with E-state index in [-0.39, 0.29) is 5.41 Å². The topological polar surface area (TPSA) is 0 Å². The summed E-state index contributed by atoms with van der Waals surface area (Å²) < 4.78 is 0. The van der Waals surface area contributed by atoms with Crippen molar-refractivity contribution in [2.75, 3.05) is 0 Å². The molecule has 0 atom stereocenters. The lowest BCUT2D eigenvalue weighted by atomic mass is 9.86. The van der Waals surface area contributed by atoms with Gasteiger partial charge in [-0.2, -0.15) is 0 Å². The highest BCUT2D eigenvalue weighted by molar-refractivity contribution is 5.93. The number of rotatable bonds is 12. The summed E-state index contributed by atoms with van der Waals surface area (Å²) in [5.41, 5.74) is 20.4. The quantitative estimate of drug-likeness (QED) is 0.107. The van der Waals surface area contributed by atoms with Crippen molar-refractivity contribution in [1.29, 1.82) is 0 Å². The zero-order chi connectivity index (χ0) is 45.1. The molecule has 0 saturated heterocycles. The molecule has 0 radical (unpaired) electrons. The zero-order valence-corrected chi connectivity index (χ0v) is 38.0. The Morgan fingerprint density at radius 1 is 0.288 bits per heavy atom. The van der Waals surface area contributed by atoms with E-state index in [1.807, 2.05) is 0 Å². The number of benzene rings is 9. The van der Waals surface area contributed by atoms with Crippen LogP contribution in [0.4, 0.5) is 0 Å². The SMILES string of the molecule is CC(C)(C)c1ccc(-c2ccc(-c3ccc(C=Cc4ccc(C=C(c5ccccc5)c5ccccc5)cc4)c(C=Cc4ccc(C=C(c5ccccc5)c5ccccc5)cc4)c3)cc2)cc1. The van der Waals surface area contributed by atoms with Crippen molar-refractivity contribution in [3.8, 4) is 22.3 Å². The highest BCUT2D eigenvalue weighted by Crippen LogP contribution is 2.32. The van der Waals surface area contributed by atoms with Crippen molar-refractivity contribution in [2.45, 2.75) is 26.2 Å². The summed E-state index contributed by atoms with van der Waals surface area (Å²) in [6.07, 6.45) is 13.5. The van der Waals surface area contributed by atoms with Gasteiger partial charge in [0.05, 0.1) is 0 Å². The lowest BCUT2D eigenvalue weighted by Gasteiger charge is -2.19. The van der Waals surface area contributed by atoms with E-state index in [0.717, 1.165) is 33.4 Å². The Hall–Kier alpha value is -8.06. The second-order valence-corrected chi connectivity index (χ2v) is 17.8. The standard InChI is InChI=1S/C66H54/c1-66(2,3)63-44-42-54(43-45-63)53-36-38-56(39-37-53)62-41-40-55(34-32-49-24-28-51(29-25-49)46-64(57-16-8-4-9-17-57)58-18-10-5-11-19-58)61(48-62)35-33-50-26-30-52(31-27-50)47-65(59-20-12-6-13-21-59)60-22-14-7-15-23-60/h4-48H,1-3H3. The first-order valence-electron chi connectivity index (χ1n) is 22.9. The molecule has 0 spiro atoms. The summed E-state index contributed by atoms with van der Waals surface area (Å²) in [7, 11) is 0. The second-order valence-electron chi connectivity index (χ2n) is 17.8. The molecule has 0 amide bonds. The van der Waals surface area contributed by atoms with Crippen LogP contribution in [0.2, 0.25) is 0 Å². The van der Waals surface area contributed by atoms with E-state index in [1.165, 1.54) is 61.2 Å². The van der Waals surface area contributed by atoms with Gasteiger partial charge in [-0.1, -0.05) is 276 Å². The van der Waals surface area contributed by atoms with Crippen molar-refractivity contribution in [3.63, 3.8) is 0 Å². The van der Waals surface area contributed by atoms with Crippen molar-refractivity contribution >= 4 is 47.6 Å². The molecule has 9 aromatic rings. The summed E-state index contributed by atoms with van der Waals surface area (Å²) in [6, 6.07) is 84.9. The van der Waals surface area contributed by atoms with Crippen molar-refractivity contribution in [2.24, 2.45) is 0 Å².